The molecule has 0 amide bonds. The first-order valence-corrected chi connectivity index (χ1v) is 9.49. The zero-order chi connectivity index (χ0) is 19.6. The lowest BCUT2D eigenvalue weighted by atomic mass is 10.1. The Hall–Kier alpha value is -2.44. The van der Waals surface area contributed by atoms with Crippen molar-refractivity contribution >= 4 is 29.1 Å². The quantitative estimate of drug-likeness (QED) is 0.766. The number of alkyl halides is 3. The maximum atomic E-state index is 13.6. The van der Waals surface area contributed by atoms with Gasteiger partial charge >= 0.3 is 6.18 Å². The van der Waals surface area contributed by atoms with Crippen molar-refractivity contribution in [2.75, 3.05) is 29.6 Å². The van der Waals surface area contributed by atoms with E-state index >= 15 is 0 Å². The van der Waals surface area contributed by atoms with E-state index in [2.05, 4.69) is 10.3 Å². The van der Waals surface area contributed by atoms with Gasteiger partial charge in [0.2, 0.25) is 0 Å². The molecule has 0 spiro atoms. The van der Waals surface area contributed by atoms with Crippen molar-refractivity contribution in [1.29, 1.82) is 5.26 Å². The van der Waals surface area contributed by atoms with Crippen LogP contribution in [0.5, 0.6) is 0 Å². The molecule has 0 unspecified atom stereocenters. The molecule has 2 aromatic rings. The molecular weight excluding hydrogens is 375 g/mol. The number of benzene rings is 1. The number of hydrogen-bond acceptors (Lipinski definition) is 6. The normalized spacial score (nSPS) is 17.0. The first-order chi connectivity index (χ1) is 12.8. The third-order valence-corrected chi connectivity index (χ3v) is 5.13. The number of halogens is 3. The second kappa shape index (κ2) is 7.66. The summed E-state index contributed by atoms with van der Waals surface area (Å²) in [6.07, 6.45) is -2.12. The largest absolute Gasteiger partial charge is 0.417 e. The van der Waals surface area contributed by atoms with Gasteiger partial charge in [0.05, 0.1) is 11.3 Å². The summed E-state index contributed by atoms with van der Waals surface area (Å²) in [5.41, 5.74) is 4.95. The van der Waals surface area contributed by atoms with Crippen LogP contribution in [0.3, 0.4) is 0 Å². The van der Waals surface area contributed by atoms with E-state index in [0.717, 1.165) is 11.0 Å². The van der Waals surface area contributed by atoms with Gasteiger partial charge in [-0.15, -0.1) is 11.8 Å². The average molecular weight is 393 g/mol. The highest BCUT2D eigenvalue weighted by Gasteiger charge is 2.37. The minimum absolute atomic E-state index is 0.106. The maximum absolute atomic E-state index is 13.6. The zero-order valence-electron chi connectivity index (χ0n) is 14.5. The lowest BCUT2D eigenvalue weighted by molar-refractivity contribution is -0.137. The lowest BCUT2D eigenvalue weighted by Gasteiger charge is -2.21. The smallest absolute Gasteiger partial charge is 0.355 e. The first kappa shape index (κ1) is 19.3. The number of rotatable bonds is 4. The molecule has 0 bridgehead atoms. The molecule has 0 saturated carbocycles. The molecule has 1 aromatic heterocycles. The topological polar surface area (TPSA) is 78.0 Å². The molecular formula is C18H18F3N5S. The summed E-state index contributed by atoms with van der Waals surface area (Å²) in [4.78, 5) is 6.89. The molecule has 0 radical (unpaired) electrons. The third kappa shape index (κ3) is 4.12. The molecule has 0 aliphatic carbocycles. The van der Waals surface area contributed by atoms with Crippen molar-refractivity contribution in [2.24, 2.45) is 5.73 Å². The van der Waals surface area contributed by atoms with Crippen LogP contribution in [0.2, 0.25) is 0 Å². The van der Waals surface area contributed by atoms with Gasteiger partial charge in [0, 0.05) is 24.0 Å². The van der Waals surface area contributed by atoms with Crippen LogP contribution < -0.4 is 16.0 Å². The minimum atomic E-state index is -4.67. The second-order valence-electron chi connectivity index (χ2n) is 6.18. The number of aromatic nitrogens is 1. The number of nitrogens with one attached hydrogen (secondary N) is 1. The summed E-state index contributed by atoms with van der Waals surface area (Å²) in [6, 6.07) is 9.66. The van der Waals surface area contributed by atoms with Crippen LogP contribution in [0.1, 0.15) is 17.5 Å². The minimum Gasteiger partial charge on any atom is -0.355 e. The fourth-order valence-electron chi connectivity index (χ4n) is 2.99. The molecule has 1 aliphatic heterocycles. The Morgan fingerprint density at radius 2 is 2.11 bits per heavy atom. The molecule has 9 heteroatoms. The second-order valence-corrected chi connectivity index (χ2v) is 7.03. The Kier molecular flexibility index (Phi) is 5.48. The zero-order valence-corrected chi connectivity index (χ0v) is 15.4. The number of nitriles is 1. The molecule has 142 valence electrons. The Labute approximate surface area is 159 Å². The van der Waals surface area contributed by atoms with Crippen molar-refractivity contribution in [2.45, 2.75) is 23.5 Å². The SMILES string of the molecule is CSc1ccccc1Nc1nc(N2CC[C@H](N)C2)cc(C(F)(F)F)c1C#N. The van der Waals surface area contributed by atoms with E-state index in [0.29, 0.717) is 25.2 Å². The number of para-hydroxylation sites is 1. The number of pyridine rings is 1. The van der Waals surface area contributed by atoms with E-state index < -0.39 is 17.3 Å². The molecule has 3 rings (SSSR count). The van der Waals surface area contributed by atoms with E-state index in [1.54, 1.807) is 23.1 Å². The average Bonchev–Trinajstić information content (AvgIpc) is 3.07. The number of anilines is 3. The number of nitrogens with two attached hydrogens (primary N) is 1. The van der Waals surface area contributed by atoms with Gasteiger partial charge in [-0.2, -0.15) is 18.4 Å². The van der Waals surface area contributed by atoms with Crippen molar-refractivity contribution in [3.63, 3.8) is 0 Å². The van der Waals surface area contributed by atoms with Gasteiger partial charge in [0.25, 0.3) is 0 Å². The van der Waals surface area contributed by atoms with E-state index in [-0.39, 0.29) is 17.7 Å². The Morgan fingerprint density at radius 1 is 1.37 bits per heavy atom. The standard InChI is InChI=1S/C18H18F3N5S/c1-27-15-5-3-2-4-14(15)24-17-12(9-22)13(18(19,20)21)8-16(25-17)26-7-6-11(23)10-26/h2-5,8,11H,6-7,10,23H2,1H3,(H,24,25)/t11-/m0/s1. The lowest BCUT2D eigenvalue weighted by Crippen LogP contribution is -2.27. The van der Waals surface area contributed by atoms with E-state index in [1.165, 1.54) is 11.8 Å². The van der Waals surface area contributed by atoms with Crippen LogP contribution in [0.25, 0.3) is 0 Å². The van der Waals surface area contributed by atoms with Gasteiger partial charge in [-0.05, 0) is 30.9 Å². The van der Waals surface area contributed by atoms with Crippen LogP contribution in [0.4, 0.5) is 30.5 Å². The highest BCUT2D eigenvalue weighted by molar-refractivity contribution is 7.98. The fraction of sp³-hybridized carbons (Fsp3) is 0.333. The maximum Gasteiger partial charge on any atom is 0.417 e. The molecule has 3 N–H and O–H groups in total. The molecule has 1 fully saturated rings. The van der Waals surface area contributed by atoms with Gasteiger partial charge in [0.15, 0.2) is 5.82 Å². The molecule has 5 nitrogen and oxygen atoms in total. The van der Waals surface area contributed by atoms with Crippen LogP contribution >= 0.6 is 11.8 Å². The van der Waals surface area contributed by atoms with Crippen LogP contribution in [-0.4, -0.2) is 30.4 Å². The van der Waals surface area contributed by atoms with E-state index in [9.17, 15) is 18.4 Å². The number of nitrogens with zero attached hydrogens (tertiary/aromatic N) is 3. The van der Waals surface area contributed by atoms with Crippen molar-refractivity contribution in [3.8, 4) is 6.07 Å². The Bertz CT molecular complexity index is 878. The fourth-order valence-corrected chi connectivity index (χ4v) is 3.55. The predicted molar refractivity (Wildman–Crippen MR) is 100 cm³/mol. The molecule has 1 saturated heterocycles. The van der Waals surface area contributed by atoms with Gasteiger partial charge in [-0.3, -0.25) is 0 Å². The highest BCUT2D eigenvalue weighted by atomic mass is 32.2. The number of hydrogen-bond donors (Lipinski definition) is 2. The first-order valence-electron chi connectivity index (χ1n) is 8.26. The third-order valence-electron chi connectivity index (χ3n) is 4.33. The predicted octanol–water partition coefficient (Wildman–Crippen LogP) is 3.97. The Balaban J connectivity index is 2.12. The van der Waals surface area contributed by atoms with Crippen LogP contribution in [0, 0.1) is 11.3 Å². The summed E-state index contributed by atoms with van der Waals surface area (Å²) in [5.74, 6) is 0.0581. The Morgan fingerprint density at radius 3 is 2.70 bits per heavy atom. The monoisotopic (exact) mass is 393 g/mol. The molecule has 1 atom stereocenters. The number of thioether (sulfide) groups is 1. The van der Waals surface area contributed by atoms with Crippen LogP contribution in [-0.2, 0) is 6.18 Å². The van der Waals surface area contributed by atoms with Gasteiger partial charge in [0.1, 0.15) is 17.5 Å². The molecule has 1 aliphatic rings. The highest BCUT2D eigenvalue weighted by Crippen LogP contribution is 2.38. The summed E-state index contributed by atoms with van der Waals surface area (Å²) in [6.45, 7) is 0.954. The van der Waals surface area contributed by atoms with E-state index in [1.807, 2.05) is 18.4 Å². The molecule has 2 heterocycles. The summed E-state index contributed by atoms with van der Waals surface area (Å²) < 4.78 is 40.8. The van der Waals surface area contributed by atoms with E-state index in [4.69, 9.17) is 5.73 Å². The van der Waals surface area contributed by atoms with Gasteiger partial charge in [-0.25, -0.2) is 4.98 Å². The van der Waals surface area contributed by atoms with Gasteiger partial charge in [-0.1, -0.05) is 12.1 Å². The van der Waals surface area contributed by atoms with Gasteiger partial charge < -0.3 is 16.0 Å². The van der Waals surface area contributed by atoms with Crippen molar-refractivity contribution in [3.05, 3.63) is 41.5 Å². The molecule has 27 heavy (non-hydrogen) atoms. The van der Waals surface area contributed by atoms with Crippen molar-refractivity contribution in [1.82, 2.24) is 4.98 Å². The summed E-state index contributed by atoms with van der Waals surface area (Å²) in [7, 11) is 0. The molecule has 1 aromatic carbocycles. The van der Waals surface area contributed by atoms with Crippen LogP contribution in [0.15, 0.2) is 35.2 Å². The summed E-state index contributed by atoms with van der Waals surface area (Å²) >= 11 is 1.45. The van der Waals surface area contributed by atoms with Crippen molar-refractivity contribution < 1.29 is 13.2 Å². The summed E-state index contributed by atoms with van der Waals surface area (Å²) in [5, 5.41) is 12.3.